The number of aromatic nitrogens is 3. The van der Waals surface area contributed by atoms with E-state index >= 15 is 0 Å². The highest BCUT2D eigenvalue weighted by molar-refractivity contribution is 5.89. The molecule has 0 aliphatic carbocycles. The molecule has 3 rings (SSSR count). The van der Waals surface area contributed by atoms with Crippen molar-refractivity contribution in [2.24, 2.45) is 0 Å². The van der Waals surface area contributed by atoms with Crippen molar-refractivity contribution in [3.05, 3.63) is 83.7 Å². The molecule has 3 aromatic rings. The van der Waals surface area contributed by atoms with Gasteiger partial charge in [-0.15, -0.1) is 0 Å². The molecule has 0 saturated carbocycles. The molecule has 2 heterocycles. The summed E-state index contributed by atoms with van der Waals surface area (Å²) < 4.78 is 6.85. The maximum absolute atomic E-state index is 11.6. The van der Waals surface area contributed by atoms with Crippen molar-refractivity contribution in [1.29, 1.82) is 0 Å². The molecule has 0 radical (unpaired) electrons. The largest absolute Gasteiger partial charge is 0.465 e. The van der Waals surface area contributed by atoms with E-state index in [4.69, 9.17) is 4.74 Å². The van der Waals surface area contributed by atoms with E-state index in [0.29, 0.717) is 12.1 Å². The van der Waals surface area contributed by atoms with Crippen LogP contribution in [0.1, 0.15) is 27.3 Å². The maximum Gasteiger partial charge on any atom is 0.337 e. The highest BCUT2D eigenvalue weighted by atomic mass is 16.5. The first-order valence-electron chi connectivity index (χ1n) is 7.32. The number of pyridine rings is 1. The van der Waals surface area contributed by atoms with Crippen LogP contribution in [0, 0.1) is 0 Å². The molecule has 0 spiro atoms. The summed E-state index contributed by atoms with van der Waals surface area (Å²) in [5, 5.41) is 0. The Bertz CT molecular complexity index is 797. The van der Waals surface area contributed by atoms with Crippen LogP contribution < -0.4 is 0 Å². The molecule has 0 fully saturated rings. The van der Waals surface area contributed by atoms with E-state index in [-0.39, 0.29) is 5.97 Å². The Labute approximate surface area is 134 Å². The van der Waals surface area contributed by atoms with Crippen LogP contribution in [0.15, 0.2) is 61.2 Å². The fraction of sp³-hybridized carbons (Fsp3) is 0.167. The van der Waals surface area contributed by atoms with Gasteiger partial charge in [0.2, 0.25) is 0 Å². The Morgan fingerprint density at radius 2 is 1.96 bits per heavy atom. The van der Waals surface area contributed by atoms with Gasteiger partial charge in [-0.05, 0) is 35.4 Å². The molecule has 0 aliphatic rings. The first-order chi connectivity index (χ1) is 11.3. The molecule has 2 aromatic heterocycles. The predicted octanol–water partition coefficient (Wildman–Crippen LogP) is 2.70. The second kappa shape index (κ2) is 6.87. The van der Waals surface area contributed by atoms with Gasteiger partial charge in [0.25, 0.3) is 0 Å². The molecule has 116 valence electrons. The third kappa shape index (κ3) is 3.63. The van der Waals surface area contributed by atoms with Crippen molar-refractivity contribution >= 4 is 5.97 Å². The van der Waals surface area contributed by atoms with Crippen molar-refractivity contribution in [3.8, 4) is 0 Å². The molecule has 0 saturated heterocycles. The van der Waals surface area contributed by atoms with E-state index in [1.54, 1.807) is 24.7 Å². The van der Waals surface area contributed by atoms with Crippen LogP contribution in [-0.4, -0.2) is 27.6 Å². The Kier molecular flexibility index (Phi) is 4.47. The Balaban J connectivity index is 1.79. The lowest BCUT2D eigenvalue weighted by Crippen LogP contribution is -2.07. The number of imidazole rings is 1. The van der Waals surface area contributed by atoms with E-state index in [0.717, 1.165) is 23.4 Å². The molecule has 0 amide bonds. The van der Waals surface area contributed by atoms with E-state index < -0.39 is 0 Å². The van der Waals surface area contributed by atoms with Gasteiger partial charge in [-0.2, -0.15) is 0 Å². The Morgan fingerprint density at radius 1 is 1.13 bits per heavy atom. The van der Waals surface area contributed by atoms with Crippen molar-refractivity contribution in [2.75, 3.05) is 7.11 Å². The molecule has 0 atom stereocenters. The second-order valence-corrected chi connectivity index (χ2v) is 5.20. The van der Waals surface area contributed by atoms with Crippen LogP contribution in [0.5, 0.6) is 0 Å². The molecule has 0 bridgehead atoms. The molecule has 5 heteroatoms. The van der Waals surface area contributed by atoms with Crippen LogP contribution in [0.4, 0.5) is 0 Å². The van der Waals surface area contributed by atoms with E-state index in [1.165, 1.54) is 7.11 Å². The van der Waals surface area contributed by atoms with Gasteiger partial charge in [0.05, 0.1) is 12.7 Å². The normalized spacial score (nSPS) is 10.5. The van der Waals surface area contributed by atoms with Crippen molar-refractivity contribution < 1.29 is 9.53 Å². The number of hydrogen-bond acceptors (Lipinski definition) is 4. The summed E-state index contributed by atoms with van der Waals surface area (Å²) in [6.45, 7) is 0.658. The summed E-state index contributed by atoms with van der Waals surface area (Å²) in [6, 6.07) is 11.4. The lowest BCUT2D eigenvalue weighted by Gasteiger charge is -2.09. The van der Waals surface area contributed by atoms with E-state index in [2.05, 4.69) is 14.5 Å². The number of methoxy groups -OCH3 is 1. The number of ether oxygens (including phenoxy) is 1. The fourth-order valence-electron chi connectivity index (χ4n) is 2.45. The molecular formula is C18H17N3O2. The molecule has 0 aliphatic heterocycles. The van der Waals surface area contributed by atoms with Crippen molar-refractivity contribution in [1.82, 2.24) is 14.5 Å². The van der Waals surface area contributed by atoms with Gasteiger partial charge in [-0.3, -0.25) is 4.98 Å². The number of hydrogen-bond donors (Lipinski definition) is 0. The summed E-state index contributed by atoms with van der Waals surface area (Å²) in [4.78, 5) is 20.1. The minimum absolute atomic E-state index is 0.325. The molecular weight excluding hydrogens is 290 g/mol. The Hall–Kier alpha value is -2.95. The topological polar surface area (TPSA) is 57.0 Å². The number of carbonyl (C=O) groups excluding carboxylic acids is 1. The monoisotopic (exact) mass is 307 g/mol. The van der Waals surface area contributed by atoms with Gasteiger partial charge in [0.15, 0.2) is 0 Å². The summed E-state index contributed by atoms with van der Waals surface area (Å²) in [6.07, 6.45) is 8.04. The summed E-state index contributed by atoms with van der Waals surface area (Å²) in [7, 11) is 1.39. The molecule has 1 aromatic carbocycles. The number of esters is 1. The Morgan fingerprint density at radius 3 is 2.74 bits per heavy atom. The SMILES string of the molecule is COC(=O)c1cccc(Cn2ccnc2Cc2ccncc2)c1. The zero-order valence-electron chi connectivity index (χ0n) is 12.8. The average molecular weight is 307 g/mol. The smallest absolute Gasteiger partial charge is 0.337 e. The van der Waals surface area contributed by atoms with E-state index in [9.17, 15) is 4.79 Å². The van der Waals surface area contributed by atoms with Gasteiger partial charge in [0, 0.05) is 37.8 Å². The summed E-state index contributed by atoms with van der Waals surface area (Å²) in [5.41, 5.74) is 2.75. The number of rotatable bonds is 5. The lowest BCUT2D eigenvalue weighted by molar-refractivity contribution is 0.0600. The zero-order valence-corrected chi connectivity index (χ0v) is 12.8. The van der Waals surface area contributed by atoms with Crippen molar-refractivity contribution in [2.45, 2.75) is 13.0 Å². The van der Waals surface area contributed by atoms with Crippen LogP contribution >= 0.6 is 0 Å². The fourth-order valence-corrected chi connectivity index (χ4v) is 2.45. The summed E-state index contributed by atoms with van der Waals surface area (Å²) in [5.74, 6) is 0.647. The number of benzene rings is 1. The highest BCUT2D eigenvalue weighted by Crippen LogP contribution is 2.12. The zero-order chi connectivity index (χ0) is 16.1. The van der Waals surface area contributed by atoms with Gasteiger partial charge in [0.1, 0.15) is 5.82 Å². The molecule has 0 N–H and O–H groups in total. The molecule has 0 unspecified atom stereocenters. The van der Waals surface area contributed by atoms with Crippen LogP contribution in [0.3, 0.4) is 0 Å². The van der Waals surface area contributed by atoms with Gasteiger partial charge >= 0.3 is 5.97 Å². The van der Waals surface area contributed by atoms with Crippen LogP contribution in [-0.2, 0) is 17.7 Å². The summed E-state index contributed by atoms with van der Waals surface area (Å²) >= 11 is 0. The predicted molar refractivity (Wildman–Crippen MR) is 86.2 cm³/mol. The quantitative estimate of drug-likeness (QED) is 0.680. The maximum atomic E-state index is 11.6. The molecule has 23 heavy (non-hydrogen) atoms. The first kappa shape index (κ1) is 15.0. The van der Waals surface area contributed by atoms with E-state index in [1.807, 2.05) is 36.5 Å². The van der Waals surface area contributed by atoms with Gasteiger partial charge in [-0.25, -0.2) is 9.78 Å². The minimum Gasteiger partial charge on any atom is -0.465 e. The van der Waals surface area contributed by atoms with Crippen LogP contribution in [0.2, 0.25) is 0 Å². The lowest BCUT2D eigenvalue weighted by atomic mass is 10.1. The van der Waals surface area contributed by atoms with Crippen molar-refractivity contribution in [3.63, 3.8) is 0 Å². The van der Waals surface area contributed by atoms with Gasteiger partial charge < -0.3 is 9.30 Å². The first-order valence-corrected chi connectivity index (χ1v) is 7.32. The van der Waals surface area contributed by atoms with Gasteiger partial charge in [-0.1, -0.05) is 12.1 Å². The standard InChI is InChI=1S/C18H17N3O2/c1-23-18(22)16-4-2-3-15(11-16)13-21-10-9-20-17(21)12-14-5-7-19-8-6-14/h2-11H,12-13H2,1H3. The highest BCUT2D eigenvalue weighted by Gasteiger charge is 2.08. The molecule has 5 nitrogen and oxygen atoms in total. The van der Waals surface area contributed by atoms with Crippen LogP contribution in [0.25, 0.3) is 0 Å². The average Bonchev–Trinajstić information content (AvgIpc) is 3.02. The minimum atomic E-state index is -0.325. The third-order valence-electron chi connectivity index (χ3n) is 3.61. The number of carbonyl (C=O) groups is 1. The number of nitrogens with zero attached hydrogens (tertiary/aromatic N) is 3. The third-order valence-corrected chi connectivity index (χ3v) is 3.61. The second-order valence-electron chi connectivity index (χ2n) is 5.20.